The third kappa shape index (κ3) is 2.95. The van der Waals surface area contributed by atoms with Crippen molar-refractivity contribution in [1.29, 1.82) is 0 Å². The van der Waals surface area contributed by atoms with Gasteiger partial charge in [0.15, 0.2) is 0 Å². The van der Waals surface area contributed by atoms with Crippen LogP contribution in [0.25, 0.3) is 10.8 Å². The van der Waals surface area contributed by atoms with Gasteiger partial charge in [0, 0.05) is 4.83 Å². The van der Waals surface area contributed by atoms with Crippen LogP contribution >= 0.6 is 15.9 Å². The molecule has 0 radical (unpaired) electrons. The lowest BCUT2D eigenvalue weighted by molar-refractivity contribution is 0.408. The SMILES string of the molecule is CC(C)C(C)C(Br)Cc1cccc2ccccc12. The van der Waals surface area contributed by atoms with Gasteiger partial charge in [-0.3, -0.25) is 0 Å². The Morgan fingerprint density at radius 2 is 1.61 bits per heavy atom. The van der Waals surface area contributed by atoms with Crippen molar-refractivity contribution in [3.8, 4) is 0 Å². The molecule has 1 heteroatoms. The molecule has 0 N–H and O–H groups in total. The zero-order chi connectivity index (χ0) is 13.1. The van der Waals surface area contributed by atoms with Gasteiger partial charge < -0.3 is 0 Å². The van der Waals surface area contributed by atoms with E-state index in [9.17, 15) is 0 Å². The van der Waals surface area contributed by atoms with Crippen LogP contribution in [0.3, 0.4) is 0 Å². The standard InChI is InChI=1S/C17H21Br/c1-12(2)13(3)17(18)11-15-9-6-8-14-7-4-5-10-16(14)15/h4-10,12-13,17H,11H2,1-3H3. The molecule has 0 fully saturated rings. The molecule has 0 heterocycles. The van der Waals surface area contributed by atoms with Gasteiger partial charge in [0.25, 0.3) is 0 Å². The predicted octanol–water partition coefficient (Wildman–Crippen LogP) is 5.44. The molecule has 0 amide bonds. The van der Waals surface area contributed by atoms with E-state index in [2.05, 4.69) is 79.2 Å². The van der Waals surface area contributed by atoms with Crippen LogP contribution in [0.15, 0.2) is 42.5 Å². The van der Waals surface area contributed by atoms with Crippen LogP contribution in [0.5, 0.6) is 0 Å². The van der Waals surface area contributed by atoms with Crippen molar-refractivity contribution in [2.45, 2.75) is 32.0 Å². The molecule has 0 aliphatic carbocycles. The zero-order valence-electron chi connectivity index (χ0n) is 11.4. The smallest absolute Gasteiger partial charge is 0.0214 e. The van der Waals surface area contributed by atoms with Crippen molar-refractivity contribution in [2.75, 3.05) is 0 Å². The Morgan fingerprint density at radius 3 is 2.33 bits per heavy atom. The molecule has 0 aliphatic heterocycles. The van der Waals surface area contributed by atoms with Crippen LogP contribution in [0.1, 0.15) is 26.3 Å². The first-order valence-electron chi connectivity index (χ1n) is 6.70. The Morgan fingerprint density at radius 1 is 0.944 bits per heavy atom. The lowest BCUT2D eigenvalue weighted by Gasteiger charge is -2.22. The summed E-state index contributed by atoms with van der Waals surface area (Å²) >= 11 is 3.87. The van der Waals surface area contributed by atoms with Crippen LogP contribution in [-0.2, 0) is 6.42 Å². The summed E-state index contributed by atoms with van der Waals surface area (Å²) in [6.07, 6.45) is 1.10. The number of hydrogen-bond acceptors (Lipinski definition) is 0. The summed E-state index contributed by atoms with van der Waals surface area (Å²) in [7, 11) is 0. The summed E-state index contributed by atoms with van der Waals surface area (Å²) in [5.41, 5.74) is 1.45. The number of halogens is 1. The molecule has 0 bridgehead atoms. The highest BCUT2D eigenvalue weighted by atomic mass is 79.9. The van der Waals surface area contributed by atoms with Gasteiger partial charge in [-0.25, -0.2) is 0 Å². The molecule has 18 heavy (non-hydrogen) atoms. The Labute approximate surface area is 119 Å². The molecule has 96 valence electrons. The molecular formula is C17H21Br. The summed E-state index contributed by atoms with van der Waals surface area (Å²) in [5, 5.41) is 2.73. The third-order valence-corrected chi connectivity index (χ3v) is 5.07. The maximum atomic E-state index is 3.87. The molecule has 0 nitrogen and oxygen atoms in total. The normalized spacial score (nSPS) is 14.9. The van der Waals surface area contributed by atoms with Crippen LogP contribution in [0.4, 0.5) is 0 Å². The number of benzene rings is 2. The van der Waals surface area contributed by atoms with Gasteiger partial charge in [0.1, 0.15) is 0 Å². The summed E-state index contributed by atoms with van der Waals surface area (Å²) in [4.78, 5) is 0.545. The fourth-order valence-corrected chi connectivity index (χ4v) is 3.24. The van der Waals surface area contributed by atoms with Crippen molar-refractivity contribution in [3.63, 3.8) is 0 Å². The van der Waals surface area contributed by atoms with Crippen LogP contribution in [0, 0.1) is 11.8 Å². The van der Waals surface area contributed by atoms with Gasteiger partial charge in [-0.1, -0.05) is 79.2 Å². The Hall–Kier alpha value is -0.820. The van der Waals surface area contributed by atoms with Gasteiger partial charge in [0.2, 0.25) is 0 Å². The van der Waals surface area contributed by atoms with Crippen molar-refractivity contribution >= 4 is 26.7 Å². The molecule has 0 saturated carbocycles. The molecule has 2 atom stereocenters. The molecule has 0 spiro atoms. The molecular weight excluding hydrogens is 284 g/mol. The first-order valence-corrected chi connectivity index (χ1v) is 7.62. The Bertz CT molecular complexity index is 511. The molecule has 2 unspecified atom stereocenters. The molecule has 2 aromatic carbocycles. The van der Waals surface area contributed by atoms with Crippen molar-refractivity contribution < 1.29 is 0 Å². The zero-order valence-corrected chi connectivity index (χ0v) is 12.9. The number of rotatable bonds is 4. The van der Waals surface area contributed by atoms with Crippen LogP contribution in [0.2, 0.25) is 0 Å². The summed E-state index contributed by atoms with van der Waals surface area (Å²) in [6.45, 7) is 6.92. The quantitative estimate of drug-likeness (QED) is 0.660. The maximum Gasteiger partial charge on any atom is 0.0214 e. The summed E-state index contributed by atoms with van der Waals surface area (Å²) in [5.74, 6) is 1.40. The fraction of sp³-hybridized carbons (Fsp3) is 0.412. The summed E-state index contributed by atoms with van der Waals surface area (Å²) in [6, 6.07) is 15.3. The molecule has 2 aromatic rings. The van der Waals surface area contributed by atoms with E-state index in [1.807, 2.05) is 0 Å². The first kappa shape index (κ1) is 13.6. The van der Waals surface area contributed by atoms with Gasteiger partial charge in [-0.05, 0) is 34.6 Å². The van der Waals surface area contributed by atoms with E-state index in [-0.39, 0.29) is 0 Å². The minimum Gasteiger partial charge on any atom is -0.0884 e. The maximum absolute atomic E-state index is 3.87. The monoisotopic (exact) mass is 304 g/mol. The van der Waals surface area contributed by atoms with E-state index in [0.717, 1.165) is 6.42 Å². The van der Waals surface area contributed by atoms with E-state index in [0.29, 0.717) is 16.7 Å². The Kier molecular flexibility index (Phi) is 4.45. The van der Waals surface area contributed by atoms with Gasteiger partial charge in [-0.15, -0.1) is 0 Å². The lowest BCUT2D eigenvalue weighted by atomic mass is 9.90. The van der Waals surface area contributed by atoms with Gasteiger partial charge >= 0.3 is 0 Å². The van der Waals surface area contributed by atoms with Crippen LogP contribution < -0.4 is 0 Å². The Balaban J connectivity index is 2.27. The van der Waals surface area contributed by atoms with E-state index in [4.69, 9.17) is 0 Å². The highest BCUT2D eigenvalue weighted by Crippen LogP contribution is 2.27. The van der Waals surface area contributed by atoms with Gasteiger partial charge in [0.05, 0.1) is 0 Å². The number of hydrogen-bond donors (Lipinski definition) is 0. The molecule has 2 rings (SSSR count). The predicted molar refractivity (Wildman–Crippen MR) is 84.4 cm³/mol. The largest absolute Gasteiger partial charge is 0.0884 e. The van der Waals surface area contributed by atoms with Crippen molar-refractivity contribution in [3.05, 3.63) is 48.0 Å². The topological polar surface area (TPSA) is 0 Å². The molecule has 0 aromatic heterocycles. The third-order valence-electron chi connectivity index (χ3n) is 3.92. The van der Waals surface area contributed by atoms with E-state index >= 15 is 0 Å². The second kappa shape index (κ2) is 5.88. The average molecular weight is 305 g/mol. The molecule has 0 saturated heterocycles. The van der Waals surface area contributed by atoms with Crippen molar-refractivity contribution in [2.24, 2.45) is 11.8 Å². The molecule has 0 aliphatic rings. The second-order valence-electron chi connectivity index (χ2n) is 5.46. The van der Waals surface area contributed by atoms with Crippen molar-refractivity contribution in [1.82, 2.24) is 0 Å². The van der Waals surface area contributed by atoms with E-state index in [1.54, 1.807) is 0 Å². The number of fused-ring (bicyclic) bond motifs is 1. The lowest BCUT2D eigenvalue weighted by Crippen LogP contribution is -2.19. The first-order chi connectivity index (χ1) is 8.59. The highest BCUT2D eigenvalue weighted by Gasteiger charge is 2.18. The van der Waals surface area contributed by atoms with Crippen LogP contribution in [-0.4, -0.2) is 4.83 Å². The average Bonchev–Trinajstić information content (AvgIpc) is 2.38. The number of alkyl halides is 1. The van der Waals surface area contributed by atoms with E-state index < -0.39 is 0 Å². The highest BCUT2D eigenvalue weighted by molar-refractivity contribution is 9.09. The second-order valence-corrected chi connectivity index (χ2v) is 6.64. The fourth-order valence-electron chi connectivity index (χ4n) is 2.28. The minimum absolute atomic E-state index is 0.545. The summed E-state index contributed by atoms with van der Waals surface area (Å²) < 4.78 is 0. The minimum atomic E-state index is 0.545. The van der Waals surface area contributed by atoms with E-state index in [1.165, 1.54) is 16.3 Å². The van der Waals surface area contributed by atoms with Gasteiger partial charge in [-0.2, -0.15) is 0 Å².